The SMILES string of the molecule is Nc1ccc(CNc2cc(S(=O)(=O)c3ccc(O)c(NC(=O)c4ccc(N)cc4)c3)ccc2O)cc1. The highest BCUT2D eigenvalue weighted by molar-refractivity contribution is 7.91. The molecule has 0 bridgehead atoms. The van der Waals surface area contributed by atoms with E-state index in [9.17, 15) is 23.4 Å². The first kappa shape index (κ1) is 24.4. The number of nitrogens with two attached hydrogens (primary N) is 2. The van der Waals surface area contributed by atoms with Crippen molar-refractivity contribution in [3.05, 3.63) is 96.1 Å². The zero-order valence-corrected chi connectivity index (χ0v) is 19.8. The van der Waals surface area contributed by atoms with Gasteiger partial charge in [0.1, 0.15) is 11.5 Å². The number of anilines is 4. The van der Waals surface area contributed by atoms with Gasteiger partial charge < -0.3 is 32.3 Å². The Labute approximate surface area is 207 Å². The number of nitrogens with one attached hydrogen (secondary N) is 2. The molecular formula is C26H24N4O5S. The monoisotopic (exact) mass is 504 g/mol. The second-order valence-corrected chi connectivity index (χ2v) is 9.98. The number of phenols is 2. The van der Waals surface area contributed by atoms with Gasteiger partial charge in [-0.1, -0.05) is 12.1 Å². The van der Waals surface area contributed by atoms with E-state index < -0.39 is 15.7 Å². The zero-order chi connectivity index (χ0) is 25.9. The maximum atomic E-state index is 13.3. The molecule has 0 saturated carbocycles. The summed E-state index contributed by atoms with van der Waals surface area (Å²) < 4.78 is 26.7. The lowest BCUT2D eigenvalue weighted by atomic mass is 10.2. The highest BCUT2D eigenvalue weighted by Gasteiger charge is 2.21. The molecule has 0 unspecified atom stereocenters. The van der Waals surface area contributed by atoms with Gasteiger partial charge in [0.2, 0.25) is 9.84 Å². The van der Waals surface area contributed by atoms with Crippen LogP contribution in [0, 0.1) is 0 Å². The van der Waals surface area contributed by atoms with Crippen LogP contribution in [0.3, 0.4) is 0 Å². The number of sulfone groups is 1. The van der Waals surface area contributed by atoms with E-state index in [1.165, 1.54) is 48.5 Å². The Hall–Kier alpha value is -4.70. The molecule has 10 heteroatoms. The zero-order valence-electron chi connectivity index (χ0n) is 19.0. The Morgan fingerprint density at radius 3 is 1.81 bits per heavy atom. The van der Waals surface area contributed by atoms with E-state index in [0.29, 0.717) is 17.9 Å². The molecule has 4 aromatic rings. The minimum Gasteiger partial charge on any atom is -0.506 e. The highest BCUT2D eigenvalue weighted by Crippen LogP contribution is 2.33. The molecule has 0 aliphatic rings. The summed E-state index contributed by atoms with van der Waals surface area (Å²) in [6.45, 7) is 0.331. The number of benzene rings is 4. The van der Waals surface area contributed by atoms with Gasteiger partial charge in [-0.15, -0.1) is 0 Å². The molecule has 0 saturated heterocycles. The van der Waals surface area contributed by atoms with E-state index in [1.54, 1.807) is 24.3 Å². The molecule has 184 valence electrons. The average Bonchev–Trinajstić information content (AvgIpc) is 2.86. The lowest BCUT2D eigenvalue weighted by Gasteiger charge is -2.13. The van der Waals surface area contributed by atoms with Crippen LogP contribution >= 0.6 is 0 Å². The lowest BCUT2D eigenvalue weighted by Crippen LogP contribution is -2.13. The number of carbonyl (C=O) groups is 1. The van der Waals surface area contributed by atoms with Gasteiger partial charge in [0.15, 0.2) is 0 Å². The van der Waals surface area contributed by atoms with Gasteiger partial charge in [-0.25, -0.2) is 8.42 Å². The van der Waals surface area contributed by atoms with Crippen LogP contribution in [0.25, 0.3) is 0 Å². The van der Waals surface area contributed by atoms with Crippen molar-refractivity contribution in [2.45, 2.75) is 16.3 Å². The smallest absolute Gasteiger partial charge is 0.255 e. The number of phenolic OH excluding ortho intramolecular Hbond substituents is 2. The fraction of sp³-hybridized carbons (Fsp3) is 0.0385. The fourth-order valence-electron chi connectivity index (χ4n) is 3.40. The summed E-state index contributed by atoms with van der Waals surface area (Å²) in [6, 6.07) is 20.7. The van der Waals surface area contributed by atoms with E-state index in [1.807, 2.05) is 12.1 Å². The highest BCUT2D eigenvalue weighted by atomic mass is 32.2. The van der Waals surface area contributed by atoms with Gasteiger partial charge in [-0.05, 0) is 78.4 Å². The predicted molar refractivity (Wildman–Crippen MR) is 139 cm³/mol. The molecule has 8 N–H and O–H groups in total. The van der Waals surface area contributed by atoms with E-state index in [-0.39, 0.29) is 38.2 Å². The van der Waals surface area contributed by atoms with E-state index in [0.717, 1.165) is 5.56 Å². The average molecular weight is 505 g/mol. The van der Waals surface area contributed by atoms with E-state index >= 15 is 0 Å². The van der Waals surface area contributed by atoms with Crippen LogP contribution in [0.15, 0.2) is 94.7 Å². The minimum absolute atomic E-state index is 0.0709. The molecule has 0 fully saturated rings. The normalized spacial score (nSPS) is 11.1. The van der Waals surface area contributed by atoms with Crippen molar-refractivity contribution in [2.75, 3.05) is 22.1 Å². The third-order valence-electron chi connectivity index (χ3n) is 5.44. The largest absolute Gasteiger partial charge is 0.506 e. The number of rotatable bonds is 7. The number of hydrogen-bond donors (Lipinski definition) is 6. The van der Waals surface area contributed by atoms with Crippen LogP contribution < -0.4 is 22.1 Å². The molecule has 9 nitrogen and oxygen atoms in total. The molecule has 0 aliphatic heterocycles. The standard InChI is InChI=1S/C26H24N4O5S/c27-18-5-1-16(2-6-18)15-29-22-13-20(9-11-24(22)31)36(34,35)21-10-12-25(32)23(14-21)30-26(33)17-3-7-19(28)8-4-17/h1-14,29,31-32H,15,27-28H2,(H,30,33). The number of carbonyl (C=O) groups excluding carboxylic acids is 1. The molecule has 36 heavy (non-hydrogen) atoms. The Morgan fingerprint density at radius 1 is 0.722 bits per heavy atom. The second-order valence-electron chi connectivity index (χ2n) is 8.03. The summed E-state index contributed by atoms with van der Waals surface area (Å²) in [5.41, 5.74) is 13.8. The van der Waals surface area contributed by atoms with Crippen LogP contribution in [0.2, 0.25) is 0 Å². The molecule has 0 heterocycles. The summed E-state index contributed by atoms with van der Waals surface area (Å²) in [5.74, 6) is -0.959. The molecule has 0 aliphatic carbocycles. The van der Waals surface area contributed by atoms with Gasteiger partial charge in [-0.2, -0.15) is 0 Å². The second kappa shape index (κ2) is 9.88. The van der Waals surface area contributed by atoms with Crippen LogP contribution in [-0.4, -0.2) is 24.5 Å². The molecule has 4 aromatic carbocycles. The number of aromatic hydroxyl groups is 2. The summed E-state index contributed by atoms with van der Waals surface area (Å²) >= 11 is 0. The summed E-state index contributed by atoms with van der Waals surface area (Å²) in [6.07, 6.45) is 0. The van der Waals surface area contributed by atoms with Crippen molar-refractivity contribution in [1.82, 2.24) is 0 Å². The molecule has 0 atom stereocenters. The van der Waals surface area contributed by atoms with Crippen LogP contribution in [-0.2, 0) is 16.4 Å². The van der Waals surface area contributed by atoms with Crippen molar-refractivity contribution < 1.29 is 23.4 Å². The van der Waals surface area contributed by atoms with Crippen LogP contribution in [0.4, 0.5) is 22.7 Å². The first-order chi connectivity index (χ1) is 17.1. The van der Waals surface area contributed by atoms with Gasteiger partial charge in [-0.3, -0.25) is 4.79 Å². The van der Waals surface area contributed by atoms with Crippen molar-refractivity contribution in [3.8, 4) is 11.5 Å². The van der Waals surface area contributed by atoms with Gasteiger partial charge in [0, 0.05) is 23.5 Å². The maximum Gasteiger partial charge on any atom is 0.255 e. The van der Waals surface area contributed by atoms with Crippen molar-refractivity contribution in [3.63, 3.8) is 0 Å². The van der Waals surface area contributed by atoms with E-state index in [4.69, 9.17) is 11.5 Å². The molecule has 0 spiro atoms. The minimum atomic E-state index is -4.06. The Balaban J connectivity index is 1.58. The summed E-state index contributed by atoms with van der Waals surface area (Å²) in [5, 5.41) is 26.0. The Morgan fingerprint density at radius 2 is 1.22 bits per heavy atom. The first-order valence-electron chi connectivity index (χ1n) is 10.8. The topological polar surface area (TPSA) is 168 Å². The lowest BCUT2D eigenvalue weighted by molar-refractivity contribution is 0.102. The fourth-order valence-corrected chi connectivity index (χ4v) is 4.72. The van der Waals surface area contributed by atoms with Gasteiger partial charge in [0.25, 0.3) is 5.91 Å². The van der Waals surface area contributed by atoms with E-state index in [2.05, 4.69) is 10.6 Å². The predicted octanol–water partition coefficient (Wildman–Crippen LogP) is 3.96. The third-order valence-corrected chi connectivity index (χ3v) is 7.19. The Kier molecular flexibility index (Phi) is 6.71. The van der Waals surface area contributed by atoms with Crippen LogP contribution in [0.5, 0.6) is 11.5 Å². The van der Waals surface area contributed by atoms with Crippen molar-refractivity contribution >= 4 is 38.5 Å². The molecular weight excluding hydrogens is 480 g/mol. The van der Waals surface area contributed by atoms with Crippen molar-refractivity contribution in [1.29, 1.82) is 0 Å². The maximum absolute atomic E-state index is 13.3. The molecule has 0 aromatic heterocycles. The first-order valence-corrected chi connectivity index (χ1v) is 12.3. The molecule has 4 rings (SSSR count). The molecule has 1 amide bonds. The Bertz CT molecular complexity index is 1520. The third kappa shape index (κ3) is 5.34. The van der Waals surface area contributed by atoms with Crippen LogP contribution in [0.1, 0.15) is 15.9 Å². The number of amides is 1. The summed E-state index contributed by atoms with van der Waals surface area (Å²) in [7, 11) is -4.06. The quantitative estimate of drug-likeness (QED) is 0.162. The van der Waals surface area contributed by atoms with Gasteiger partial charge >= 0.3 is 0 Å². The number of hydrogen-bond acceptors (Lipinski definition) is 8. The van der Waals surface area contributed by atoms with Crippen molar-refractivity contribution in [2.24, 2.45) is 0 Å². The number of nitrogen functional groups attached to an aromatic ring is 2. The molecule has 0 radical (unpaired) electrons. The van der Waals surface area contributed by atoms with Gasteiger partial charge in [0.05, 0.1) is 21.2 Å². The summed E-state index contributed by atoms with van der Waals surface area (Å²) in [4.78, 5) is 12.3.